The van der Waals surface area contributed by atoms with E-state index < -0.39 is 35.9 Å². The van der Waals surface area contributed by atoms with Crippen LogP contribution in [-0.4, -0.2) is 76.3 Å². The smallest absolute Gasteiger partial charge is 0.392 e. The van der Waals surface area contributed by atoms with E-state index in [9.17, 15) is 33.0 Å². The monoisotopic (exact) mass is 715 g/mol. The van der Waals surface area contributed by atoms with Gasteiger partial charge < -0.3 is 34.8 Å². The molecule has 5 atom stereocenters. The largest absolute Gasteiger partial charge is 0.471 e. The second-order valence-electron chi connectivity index (χ2n) is 13.4. The van der Waals surface area contributed by atoms with Crippen LogP contribution in [0.4, 0.5) is 18.9 Å². The van der Waals surface area contributed by atoms with Crippen LogP contribution < -0.4 is 5.32 Å². The van der Waals surface area contributed by atoms with Gasteiger partial charge in [0.25, 0.3) is 0 Å². The van der Waals surface area contributed by atoms with E-state index in [-0.39, 0.29) is 37.7 Å². The zero-order valence-corrected chi connectivity index (χ0v) is 28.4. The fraction of sp³-hybridized carbons (Fsp3) is 0.459. The number of ether oxygens (including phenoxy) is 2. The number of carbonyl (C=O) groups is 2. The number of halogens is 4. The molecule has 6 rings (SSSR count). The van der Waals surface area contributed by atoms with E-state index in [0.717, 1.165) is 16.7 Å². The minimum Gasteiger partial charge on any atom is -0.392 e. The maximum absolute atomic E-state index is 13.2. The molecule has 0 spiro atoms. The van der Waals surface area contributed by atoms with Crippen LogP contribution in [0.3, 0.4) is 0 Å². The molecule has 3 aliphatic heterocycles. The quantitative estimate of drug-likeness (QED) is 0.259. The number of benzene rings is 3. The first kappa shape index (κ1) is 36.3. The van der Waals surface area contributed by atoms with Crippen LogP contribution in [0.5, 0.6) is 0 Å². The zero-order chi connectivity index (χ0) is 35.6. The number of amides is 2. The van der Waals surface area contributed by atoms with Gasteiger partial charge in [0.15, 0.2) is 6.29 Å². The average molecular weight is 716 g/mol. The molecule has 0 aliphatic carbocycles. The Morgan fingerprint density at radius 1 is 0.980 bits per heavy atom. The van der Waals surface area contributed by atoms with Crippen LogP contribution in [0.1, 0.15) is 67.3 Å². The highest BCUT2D eigenvalue weighted by molar-refractivity contribution is 6.30. The van der Waals surface area contributed by atoms with Crippen molar-refractivity contribution in [3.8, 4) is 0 Å². The Morgan fingerprint density at radius 3 is 2.34 bits per heavy atom. The minimum absolute atomic E-state index is 0.0887. The van der Waals surface area contributed by atoms with Gasteiger partial charge in [-0.2, -0.15) is 13.2 Å². The Balaban J connectivity index is 1.19. The molecule has 3 aromatic rings. The molecule has 3 heterocycles. The molecule has 3 aliphatic rings. The molecule has 0 radical (unpaired) electrons. The normalized spacial score (nSPS) is 25.7. The van der Waals surface area contributed by atoms with E-state index in [1.165, 1.54) is 0 Å². The van der Waals surface area contributed by atoms with Gasteiger partial charge in [-0.25, -0.2) is 0 Å². The molecular formula is C37H41ClF3N3O6. The van der Waals surface area contributed by atoms with Gasteiger partial charge in [0.2, 0.25) is 5.91 Å². The second kappa shape index (κ2) is 15.0. The molecule has 9 nitrogen and oxygen atoms in total. The third kappa shape index (κ3) is 8.01. The summed E-state index contributed by atoms with van der Waals surface area (Å²) in [6, 6.07) is 20.4. The lowest BCUT2D eigenvalue weighted by atomic mass is 9.84. The van der Waals surface area contributed by atoms with Gasteiger partial charge in [-0.05, 0) is 66.6 Å². The first-order chi connectivity index (χ1) is 23.8. The van der Waals surface area contributed by atoms with Crippen molar-refractivity contribution in [3.63, 3.8) is 0 Å². The maximum atomic E-state index is 13.2. The highest BCUT2D eigenvalue weighted by Gasteiger charge is 2.48. The lowest BCUT2D eigenvalue weighted by molar-refractivity contribution is -0.277. The first-order valence-electron chi connectivity index (χ1n) is 16.8. The number of hydrogen-bond donors (Lipinski definition) is 3. The summed E-state index contributed by atoms with van der Waals surface area (Å²) in [5.41, 5.74) is 2.49. The number of hydrogen-bond acceptors (Lipinski definition) is 7. The standard InChI is InChI=1S/C37H41ClF3N3O6/c1-23-31(21-43-18-15-36(48,16-19-43)27-11-13-28(38)14-12-27)49-34(50-32(23)25-9-7-24(22-45)8-10-25)26-4-2-5-29(20-26)42-33(46)30-6-3-17-44(30)35(47)37(39,40)41/h2,4-5,7-14,20,23,30-32,34,45,48H,3,6,15-19,21-22H2,1H3,(H,42,46). The molecule has 50 heavy (non-hydrogen) atoms. The van der Waals surface area contributed by atoms with E-state index in [4.69, 9.17) is 21.1 Å². The average Bonchev–Trinajstić information content (AvgIpc) is 3.60. The van der Waals surface area contributed by atoms with Crippen molar-refractivity contribution in [1.82, 2.24) is 9.80 Å². The van der Waals surface area contributed by atoms with Crippen molar-refractivity contribution in [1.29, 1.82) is 0 Å². The summed E-state index contributed by atoms with van der Waals surface area (Å²) >= 11 is 6.06. The number of nitrogens with one attached hydrogen (secondary N) is 1. The van der Waals surface area contributed by atoms with Crippen molar-refractivity contribution in [2.75, 3.05) is 31.5 Å². The number of nitrogens with zero attached hydrogens (tertiary/aromatic N) is 2. The van der Waals surface area contributed by atoms with Crippen molar-refractivity contribution in [3.05, 3.63) is 100 Å². The molecule has 2 amide bonds. The fourth-order valence-corrected chi connectivity index (χ4v) is 7.30. The highest BCUT2D eigenvalue weighted by atomic mass is 35.5. The fourth-order valence-electron chi connectivity index (χ4n) is 7.17. The van der Waals surface area contributed by atoms with Crippen LogP contribution in [0.2, 0.25) is 5.02 Å². The molecule has 3 aromatic carbocycles. The molecule has 3 fully saturated rings. The van der Waals surface area contributed by atoms with Crippen molar-refractivity contribution >= 4 is 29.1 Å². The lowest BCUT2D eigenvalue weighted by Gasteiger charge is -2.45. The number of aliphatic hydroxyl groups excluding tert-OH is 1. The van der Waals surface area contributed by atoms with Crippen molar-refractivity contribution < 1.29 is 42.4 Å². The van der Waals surface area contributed by atoms with E-state index in [1.54, 1.807) is 36.4 Å². The second-order valence-corrected chi connectivity index (χ2v) is 13.9. The van der Waals surface area contributed by atoms with Crippen molar-refractivity contribution in [2.24, 2.45) is 5.92 Å². The molecule has 5 unspecified atom stereocenters. The number of anilines is 1. The number of piperidine rings is 1. The predicted octanol–water partition coefficient (Wildman–Crippen LogP) is 6.10. The zero-order valence-electron chi connectivity index (χ0n) is 27.6. The Morgan fingerprint density at radius 2 is 1.68 bits per heavy atom. The minimum atomic E-state index is -5.06. The van der Waals surface area contributed by atoms with Gasteiger partial charge in [0.05, 0.1) is 24.4 Å². The number of carbonyl (C=O) groups excluding carboxylic acids is 2. The number of aliphatic hydroxyl groups is 2. The van der Waals surface area contributed by atoms with Gasteiger partial charge >= 0.3 is 12.1 Å². The molecule has 3 saturated heterocycles. The van der Waals surface area contributed by atoms with Crippen molar-refractivity contribution in [2.45, 2.75) is 75.5 Å². The Kier molecular flexibility index (Phi) is 10.9. The lowest BCUT2D eigenvalue weighted by Crippen LogP contribution is -2.49. The summed E-state index contributed by atoms with van der Waals surface area (Å²) < 4.78 is 52.7. The third-order valence-corrected chi connectivity index (χ3v) is 10.4. The predicted molar refractivity (Wildman–Crippen MR) is 180 cm³/mol. The summed E-state index contributed by atoms with van der Waals surface area (Å²) in [7, 11) is 0. The number of rotatable bonds is 8. The molecule has 0 bridgehead atoms. The van der Waals surface area contributed by atoms with Gasteiger partial charge in [-0.1, -0.05) is 67.1 Å². The van der Waals surface area contributed by atoms with Gasteiger partial charge in [-0.3, -0.25) is 9.59 Å². The molecule has 13 heteroatoms. The van der Waals surface area contributed by atoms with Gasteiger partial charge in [0, 0.05) is 48.4 Å². The van der Waals surface area contributed by atoms with Crippen LogP contribution in [0.25, 0.3) is 0 Å². The first-order valence-corrected chi connectivity index (χ1v) is 17.2. The van der Waals surface area contributed by atoms with E-state index in [0.29, 0.717) is 60.1 Å². The van der Waals surface area contributed by atoms with Crippen LogP contribution in [0.15, 0.2) is 72.8 Å². The molecule has 0 saturated carbocycles. The number of likely N-dealkylation sites (tertiary alicyclic amines) is 2. The van der Waals surface area contributed by atoms with Gasteiger partial charge in [0.1, 0.15) is 6.04 Å². The van der Waals surface area contributed by atoms with Gasteiger partial charge in [-0.15, -0.1) is 0 Å². The molecule has 268 valence electrons. The van der Waals surface area contributed by atoms with Crippen LogP contribution in [0, 0.1) is 5.92 Å². The summed E-state index contributed by atoms with van der Waals surface area (Å²) in [6.07, 6.45) is -5.09. The third-order valence-electron chi connectivity index (χ3n) is 10.1. The summed E-state index contributed by atoms with van der Waals surface area (Å²) in [6.45, 7) is 3.69. The molecule has 0 aromatic heterocycles. The Bertz CT molecular complexity index is 1650. The highest BCUT2D eigenvalue weighted by Crippen LogP contribution is 2.43. The topological polar surface area (TPSA) is 112 Å². The Hall–Kier alpha value is -3.52. The molecule has 3 N–H and O–H groups in total. The summed E-state index contributed by atoms with van der Waals surface area (Å²) in [5.74, 6) is -2.81. The van der Waals surface area contributed by atoms with E-state index in [1.807, 2.05) is 36.4 Å². The molecular weight excluding hydrogens is 675 g/mol. The maximum Gasteiger partial charge on any atom is 0.471 e. The number of alkyl halides is 3. The van der Waals surface area contributed by atoms with E-state index >= 15 is 0 Å². The van der Waals surface area contributed by atoms with Crippen LogP contribution in [-0.2, 0) is 31.3 Å². The van der Waals surface area contributed by atoms with Crippen LogP contribution >= 0.6 is 11.6 Å². The SMILES string of the molecule is CC1C(CN2CCC(O)(c3ccc(Cl)cc3)CC2)OC(c2cccc(NC(=O)C3CCCN3C(=O)C(F)(F)F)c2)OC1c1ccc(CO)cc1. The summed E-state index contributed by atoms with van der Waals surface area (Å²) in [4.78, 5) is 27.9. The van der Waals surface area contributed by atoms with E-state index in [2.05, 4.69) is 17.1 Å². The Labute approximate surface area is 293 Å². The summed E-state index contributed by atoms with van der Waals surface area (Å²) in [5, 5.41) is 24.3.